The molecular formula is C14H7Cl3N2O2S. The normalized spacial score (nSPS) is 10.9. The number of thiophene rings is 1. The van der Waals surface area contributed by atoms with Crippen molar-refractivity contribution in [3.05, 3.63) is 55.5 Å². The Morgan fingerprint density at radius 2 is 1.95 bits per heavy atom. The van der Waals surface area contributed by atoms with Gasteiger partial charge in [0.1, 0.15) is 0 Å². The van der Waals surface area contributed by atoms with E-state index in [0.717, 1.165) is 0 Å². The SMILES string of the molecule is O=C(Cc1nnc(-c2cc(Cl)ccc2Cl)o1)c1ccc(Cl)s1. The first-order valence-electron chi connectivity index (χ1n) is 6.09. The third-order valence-electron chi connectivity index (χ3n) is 2.79. The van der Waals surface area contributed by atoms with Gasteiger partial charge in [0.2, 0.25) is 11.8 Å². The molecule has 4 nitrogen and oxygen atoms in total. The average Bonchev–Trinajstić information content (AvgIpc) is 3.11. The fraction of sp³-hybridized carbons (Fsp3) is 0.0714. The molecule has 2 heterocycles. The topological polar surface area (TPSA) is 56.0 Å². The van der Waals surface area contributed by atoms with Crippen LogP contribution in [0.4, 0.5) is 0 Å². The summed E-state index contributed by atoms with van der Waals surface area (Å²) < 4.78 is 6.05. The van der Waals surface area contributed by atoms with E-state index in [-0.39, 0.29) is 24.0 Å². The van der Waals surface area contributed by atoms with Gasteiger partial charge in [-0.15, -0.1) is 21.5 Å². The van der Waals surface area contributed by atoms with Crippen LogP contribution in [0.15, 0.2) is 34.7 Å². The lowest BCUT2D eigenvalue weighted by Crippen LogP contribution is -2.01. The van der Waals surface area contributed by atoms with Crippen molar-refractivity contribution in [2.75, 3.05) is 0 Å². The first kappa shape index (κ1) is 15.5. The molecule has 0 atom stereocenters. The molecule has 112 valence electrons. The molecule has 22 heavy (non-hydrogen) atoms. The third kappa shape index (κ3) is 3.33. The van der Waals surface area contributed by atoms with Crippen LogP contribution >= 0.6 is 46.1 Å². The minimum Gasteiger partial charge on any atom is -0.420 e. The van der Waals surface area contributed by atoms with Crippen molar-refractivity contribution >= 4 is 51.9 Å². The van der Waals surface area contributed by atoms with Gasteiger partial charge in [-0.3, -0.25) is 4.79 Å². The number of carbonyl (C=O) groups is 1. The van der Waals surface area contributed by atoms with E-state index < -0.39 is 0 Å². The summed E-state index contributed by atoms with van der Waals surface area (Å²) in [6, 6.07) is 8.27. The monoisotopic (exact) mass is 372 g/mol. The van der Waals surface area contributed by atoms with Crippen LogP contribution in [0.5, 0.6) is 0 Å². The number of Topliss-reactive ketones (excluding diaryl/α,β-unsaturated/α-hetero) is 1. The number of hydrogen-bond donors (Lipinski definition) is 0. The quantitative estimate of drug-likeness (QED) is 0.591. The highest BCUT2D eigenvalue weighted by Crippen LogP contribution is 2.30. The van der Waals surface area contributed by atoms with Gasteiger partial charge in [0, 0.05) is 5.02 Å². The van der Waals surface area contributed by atoms with Crippen LogP contribution in [-0.2, 0) is 6.42 Å². The predicted octanol–water partition coefficient (Wildman–Crippen LogP) is 5.18. The van der Waals surface area contributed by atoms with Crippen molar-refractivity contribution in [1.29, 1.82) is 0 Å². The second kappa shape index (κ2) is 6.38. The zero-order valence-electron chi connectivity index (χ0n) is 10.8. The summed E-state index contributed by atoms with van der Waals surface area (Å²) in [5.74, 6) is 0.296. The van der Waals surface area contributed by atoms with E-state index in [1.807, 2.05) is 0 Å². The van der Waals surface area contributed by atoms with Gasteiger partial charge >= 0.3 is 0 Å². The first-order chi connectivity index (χ1) is 10.5. The Morgan fingerprint density at radius 3 is 2.68 bits per heavy atom. The summed E-state index contributed by atoms with van der Waals surface area (Å²) in [6.45, 7) is 0. The van der Waals surface area contributed by atoms with Crippen LogP contribution in [0.25, 0.3) is 11.5 Å². The number of ketones is 1. The Bertz CT molecular complexity index is 844. The summed E-state index contributed by atoms with van der Waals surface area (Å²) in [5, 5.41) is 8.72. The number of rotatable bonds is 4. The molecule has 0 bridgehead atoms. The highest BCUT2D eigenvalue weighted by atomic mass is 35.5. The zero-order chi connectivity index (χ0) is 15.7. The molecule has 0 N–H and O–H groups in total. The number of hydrogen-bond acceptors (Lipinski definition) is 5. The van der Waals surface area contributed by atoms with Gasteiger partial charge in [-0.05, 0) is 30.3 Å². The van der Waals surface area contributed by atoms with Gasteiger partial charge in [-0.1, -0.05) is 34.8 Å². The number of benzene rings is 1. The van der Waals surface area contributed by atoms with E-state index in [9.17, 15) is 4.79 Å². The summed E-state index contributed by atoms with van der Waals surface area (Å²) in [4.78, 5) is 12.6. The number of nitrogens with zero attached hydrogens (tertiary/aromatic N) is 2. The molecule has 0 aliphatic heterocycles. The number of halogens is 3. The molecule has 1 aromatic carbocycles. The van der Waals surface area contributed by atoms with Gasteiger partial charge in [-0.25, -0.2) is 0 Å². The van der Waals surface area contributed by atoms with E-state index in [0.29, 0.717) is 24.8 Å². The molecule has 0 spiro atoms. The maximum absolute atomic E-state index is 12.1. The fourth-order valence-electron chi connectivity index (χ4n) is 1.78. The lowest BCUT2D eigenvalue weighted by Gasteiger charge is -1.99. The average molecular weight is 374 g/mol. The smallest absolute Gasteiger partial charge is 0.249 e. The standard InChI is InChI=1S/C14H7Cl3N2O2S/c15-7-1-2-9(16)8(5-7)14-19-18-13(21-14)6-10(20)11-3-4-12(17)22-11/h1-5H,6H2. The van der Waals surface area contributed by atoms with Crippen molar-refractivity contribution in [2.24, 2.45) is 0 Å². The summed E-state index contributed by atoms with van der Waals surface area (Å²) in [5.41, 5.74) is 0.527. The zero-order valence-corrected chi connectivity index (χ0v) is 13.9. The molecule has 3 aromatic rings. The minimum atomic E-state index is -0.135. The van der Waals surface area contributed by atoms with Crippen molar-refractivity contribution in [2.45, 2.75) is 6.42 Å². The van der Waals surface area contributed by atoms with Crippen LogP contribution < -0.4 is 0 Å². The van der Waals surface area contributed by atoms with Gasteiger partial charge in [0.25, 0.3) is 0 Å². The van der Waals surface area contributed by atoms with Crippen LogP contribution in [-0.4, -0.2) is 16.0 Å². The van der Waals surface area contributed by atoms with Crippen LogP contribution in [0, 0.1) is 0 Å². The first-order valence-corrected chi connectivity index (χ1v) is 8.04. The molecule has 0 saturated heterocycles. The number of aromatic nitrogens is 2. The molecule has 0 fully saturated rings. The minimum absolute atomic E-state index is 0.00201. The lowest BCUT2D eigenvalue weighted by atomic mass is 10.2. The Morgan fingerprint density at radius 1 is 1.14 bits per heavy atom. The highest BCUT2D eigenvalue weighted by molar-refractivity contribution is 7.18. The van der Waals surface area contributed by atoms with Crippen LogP contribution in [0.3, 0.4) is 0 Å². The molecule has 3 rings (SSSR count). The van der Waals surface area contributed by atoms with E-state index in [1.54, 1.807) is 30.3 Å². The van der Waals surface area contributed by atoms with Crippen LogP contribution in [0.1, 0.15) is 15.6 Å². The van der Waals surface area contributed by atoms with E-state index >= 15 is 0 Å². The largest absolute Gasteiger partial charge is 0.420 e. The summed E-state index contributed by atoms with van der Waals surface area (Å²) >= 11 is 19.0. The number of carbonyl (C=O) groups excluding carboxylic acids is 1. The predicted molar refractivity (Wildman–Crippen MR) is 87.1 cm³/mol. The molecule has 8 heteroatoms. The van der Waals surface area contributed by atoms with Gasteiger partial charge in [0.05, 0.1) is 26.2 Å². The second-order valence-electron chi connectivity index (χ2n) is 4.33. The van der Waals surface area contributed by atoms with Crippen molar-refractivity contribution in [3.63, 3.8) is 0 Å². The maximum Gasteiger partial charge on any atom is 0.249 e. The van der Waals surface area contributed by atoms with Crippen molar-refractivity contribution in [1.82, 2.24) is 10.2 Å². The van der Waals surface area contributed by atoms with Gasteiger partial charge in [-0.2, -0.15) is 0 Å². The molecule has 0 amide bonds. The van der Waals surface area contributed by atoms with Crippen molar-refractivity contribution in [3.8, 4) is 11.5 Å². The van der Waals surface area contributed by atoms with Gasteiger partial charge in [0.15, 0.2) is 5.78 Å². The molecule has 0 radical (unpaired) electrons. The Labute approximate surface area is 144 Å². The Kier molecular flexibility index (Phi) is 4.49. The summed E-state index contributed by atoms with van der Waals surface area (Å²) in [6.07, 6.45) is 0.00201. The Balaban J connectivity index is 1.82. The third-order valence-corrected chi connectivity index (χ3v) is 4.62. The second-order valence-corrected chi connectivity index (χ2v) is 6.89. The maximum atomic E-state index is 12.1. The van der Waals surface area contributed by atoms with Crippen molar-refractivity contribution < 1.29 is 9.21 Å². The highest BCUT2D eigenvalue weighted by Gasteiger charge is 2.17. The van der Waals surface area contributed by atoms with Gasteiger partial charge < -0.3 is 4.42 Å². The summed E-state index contributed by atoms with van der Waals surface area (Å²) in [7, 11) is 0. The molecule has 0 aliphatic rings. The van der Waals surface area contributed by atoms with E-state index in [4.69, 9.17) is 39.2 Å². The Hall–Kier alpha value is -1.40. The lowest BCUT2D eigenvalue weighted by molar-refractivity contribution is 0.0989. The molecule has 2 aromatic heterocycles. The fourth-order valence-corrected chi connectivity index (χ4v) is 3.13. The van der Waals surface area contributed by atoms with E-state index in [2.05, 4.69) is 10.2 Å². The molecular weight excluding hydrogens is 367 g/mol. The molecule has 0 aliphatic carbocycles. The van der Waals surface area contributed by atoms with Crippen LogP contribution in [0.2, 0.25) is 14.4 Å². The molecule has 0 unspecified atom stereocenters. The molecule has 0 saturated carbocycles. The van der Waals surface area contributed by atoms with E-state index in [1.165, 1.54) is 11.3 Å².